The van der Waals surface area contributed by atoms with Crippen molar-refractivity contribution in [2.45, 2.75) is 45.6 Å². The molecule has 3 heterocycles. The van der Waals surface area contributed by atoms with Gasteiger partial charge in [-0.05, 0) is 91.5 Å². The van der Waals surface area contributed by atoms with Crippen molar-refractivity contribution in [3.8, 4) is 11.4 Å². The predicted octanol–water partition coefficient (Wildman–Crippen LogP) is 5.97. The third-order valence-electron chi connectivity index (χ3n) is 6.61. The highest BCUT2D eigenvalue weighted by Gasteiger charge is 2.32. The first kappa shape index (κ1) is 24.8. The first-order chi connectivity index (χ1) is 17.3. The number of aromatic nitrogens is 5. The second kappa shape index (κ2) is 10.3. The van der Waals surface area contributed by atoms with Gasteiger partial charge < -0.3 is 4.90 Å². The van der Waals surface area contributed by atoms with E-state index < -0.39 is 0 Å². The number of carbonyl (C=O) groups excluding carboxylic acids is 1. The lowest BCUT2D eigenvalue weighted by atomic mass is 9.96. The van der Waals surface area contributed by atoms with Gasteiger partial charge in [0.25, 0.3) is 5.91 Å². The number of hydrogen-bond donors (Lipinski definition) is 0. The first-order valence-electron chi connectivity index (χ1n) is 11.8. The minimum absolute atomic E-state index is 0.00623. The number of piperidine rings is 1. The van der Waals surface area contributed by atoms with E-state index in [4.69, 9.17) is 0 Å². The Morgan fingerprint density at radius 1 is 1.11 bits per heavy atom. The van der Waals surface area contributed by atoms with Crippen LogP contribution in [0.2, 0.25) is 0 Å². The highest BCUT2D eigenvalue weighted by atomic mass is 79.9. The average molecular weight is 616 g/mol. The molecule has 1 aliphatic heterocycles. The third kappa shape index (κ3) is 4.88. The van der Waals surface area contributed by atoms with Crippen molar-refractivity contribution in [2.24, 2.45) is 0 Å². The predicted molar refractivity (Wildman–Crippen MR) is 142 cm³/mol. The summed E-state index contributed by atoms with van der Waals surface area (Å²) in [7, 11) is 0. The van der Waals surface area contributed by atoms with Gasteiger partial charge in [0, 0.05) is 28.0 Å². The van der Waals surface area contributed by atoms with Crippen molar-refractivity contribution in [3.05, 3.63) is 86.1 Å². The van der Waals surface area contributed by atoms with Crippen molar-refractivity contribution < 1.29 is 9.18 Å². The van der Waals surface area contributed by atoms with Crippen LogP contribution in [0.1, 0.15) is 46.7 Å². The van der Waals surface area contributed by atoms with Gasteiger partial charge in [-0.1, -0.05) is 21.1 Å². The van der Waals surface area contributed by atoms with E-state index in [9.17, 15) is 9.18 Å². The molecule has 0 N–H and O–H groups in total. The Balaban J connectivity index is 1.39. The fourth-order valence-corrected chi connectivity index (χ4v) is 5.62. The SMILES string of the molecule is Cc1nn(-c2ccc(Br)cc2)c(C)c1C(=O)N1CCCCC1Cc1cn(-c2ccc(F)cc2Br)nn1. The van der Waals surface area contributed by atoms with E-state index in [-0.39, 0.29) is 17.8 Å². The number of benzene rings is 2. The van der Waals surface area contributed by atoms with Gasteiger partial charge in [-0.3, -0.25) is 4.79 Å². The zero-order valence-corrected chi connectivity index (χ0v) is 23.1. The van der Waals surface area contributed by atoms with Crippen LogP contribution < -0.4 is 0 Å². The maximum atomic E-state index is 13.8. The highest BCUT2D eigenvalue weighted by molar-refractivity contribution is 9.10. The molecule has 1 fully saturated rings. The Morgan fingerprint density at radius 3 is 2.64 bits per heavy atom. The topological polar surface area (TPSA) is 68.8 Å². The molecule has 0 saturated carbocycles. The second-order valence-electron chi connectivity index (χ2n) is 9.04. The Morgan fingerprint density at radius 2 is 1.89 bits per heavy atom. The summed E-state index contributed by atoms with van der Waals surface area (Å²) in [6.07, 6.45) is 5.37. The van der Waals surface area contributed by atoms with Crippen LogP contribution in [0.3, 0.4) is 0 Å². The Hall–Kier alpha value is -2.85. The van der Waals surface area contributed by atoms with Crippen LogP contribution in [0, 0.1) is 19.7 Å². The molecule has 186 valence electrons. The maximum absolute atomic E-state index is 13.8. The lowest BCUT2D eigenvalue weighted by Crippen LogP contribution is -2.45. The molecule has 36 heavy (non-hydrogen) atoms. The molecule has 4 aromatic rings. The minimum Gasteiger partial charge on any atom is -0.335 e. The second-order valence-corrected chi connectivity index (χ2v) is 10.8. The summed E-state index contributed by atoms with van der Waals surface area (Å²) < 4.78 is 18.5. The van der Waals surface area contributed by atoms with E-state index in [1.165, 1.54) is 12.1 Å². The number of rotatable bonds is 5. The van der Waals surface area contributed by atoms with E-state index in [0.29, 0.717) is 28.7 Å². The van der Waals surface area contributed by atoms with Gasteiger partial charge in [-0.25, -0.2) is 13.8 Å². The van der Waals surface area contributed by atoms with Crippen LogP contribution in [0.25, 0.3) is 11.4 Å². The smallest absolute Gasteiger partial charge is 0.257 e. The largest absolute Gasteiger partial charge is 0.335 e. The highest BCUT2D eigenvalue weighted by Crippen LogP contribution is 2.27. The van der Waals surface area contributed by atoms with Gasteiger partial charge in [-0.15, -0.1) is 5.10 Å². The molecule has 0 aliphatic carbocycles. The fourth-order valence-electron chi connectivity index (χ4n) is 4.83. The molecule has 1 atom stereocenters. The standard InChI is InChI=1S/C26H25Br2FN6O/c1-16-25(17(2)35(31-16)21-9-6-18(27)7-10-21)26(36)33-12-4-3-5-22(33)14-20-15-34(32-30-20)24-11-8-19(29)13-23(24)28/h6-11,13,15,22H,3-5,12,14H2,1-2H3. The zero-order valence-electron chi connectivity index (χ0n) is 20.0. The molecule has 1 saturated heterocycles. The lowest BCUT2D eigenvalue weighted by Gasteiger charge is -2.35. The molecule has 0 spiro atoms. The minimum atomic E-state index is -0.323. The summed E-state index contributed by atoms with van der Waals surface area (Å²) in [6.45, 7) is 4.53. The van der Waals surface area contributed by atoms with Crippen LogP contribution in [0.4, 0.5) is 4.39 Å². The summed E-state index contributed by atoms with van der Waals surface area (Å²) in [5.41, 5.74) is 4.61. The van der Waals surface area contributed by atoms with E-state index in [1.807, 2.05) is 53.9 Å². The molecule has 2 aromatic heterocycles. The van der Waals surface area contributed by atoms with Crippen molar-refractivity contribution in [3.63, 3.8) is 0 Å². The zero-order chi connectivity index (χ0) is 25.4. The molecule has 1 unspecified atom stereocenters. The van der Waals surface area contributed by atoms with Gasteiger partial charge in [0.15, 0.2) is 0 Å². The van der Waals surface area contributed by atoms with E-state index >= 15 is 0 Å². The summed E-state index contributed by atoms with van der Waals surface area (Å²) >= 11 is 6.86. The number of carbonyl (C=O) groups is 1. The molecule has 5 rings (SSSR count). The van der Waals surface area contributed by atoms with E-state index in [1.54, 1.807) is 10.7 Å². The van der Waals surface area contributed by atoms with Crippen molar-refractivity contribution in [2.75, 3.05) is 6.54 Å². The van der Waals surface area contributed by atoms with Crippen molar-refractivity contribution in [1.29, 1.82) is 0 Å². The molecule has 1 amide bonds. The number of likely N-dealkylation sites (tertiary alicyclic amines) is 1. The van der Waals surface area contributed by atoms with Crippen molar-refractivity contribution in [1.82, 2.24) is 29.7 Å². The van der Waals surface area contributed by atoms with E-state index in [0.717, 1.165) is 46.5 Å². The number of amides is 1. The van der Waals surface area contributed by atoms with Crippen molar-refractivity contribution >= 4 is 37.8 Å². The molecule has 7 nitrogen and oxygen atoms in total. The first-order valence-corrected chi connectivity index (χ1v) is 13.4. The Bertz CT molecular complexity index is 1410. The molecule has 2 aromatic carbocycles. The van der Waals surface area contributed by atoms with Crippen LogP contribution in [0.5, 0.6) is 0 Å². The Labute approximate surface area is 225 Å². The average Bonchev–Trinajstić information content (AvgIpc) is 3.43. The van der Waals surface area contributed by atoms with Gasteiger partial charge >= 0.3 is 0 Å². The molecular formula is C26H25Br2FN6O. The summed E-state index contributed by atoms with van der Waals surface area (Å²) in [5.74, 6) is -0.317. The maximum Gasteiger partial charge on any atom is 0.257 e. The van der Waals surface area contributed by atoms with Gasteiger partial charge in [0.2, 0.25) is 0 Å². The van der Waals surface area contributed by atoms with Gasteiger partial charge in [0.1, 0.15) is 5.82 Å². The van der Waals surface area contributed by atoms with Crippen LogP contribution in [-0.2, 0) is 6.42 Å². The third-order valence-corrected chi connectivity index (χ3v) is 7.77. The summed E-state index contributed by atoms with van der Waals surface area (Å²) in [4.78, 5) is 15.8. The monoisotopic (exact) mass is 614 g/mol. The quantitative estimate of drug-likeness (QED) is 0.277. The molecule has 0 bridgehead atoms. The normalized spacial score (nSPS) is 15.9. The van der Waals surface area contributed by atoms with Gasteiger partial charge in [0.05, 0.1) is 40.2 Å². The fraction of sp³-hybridized carbons (Fsp3) is 0.308. The van der Waals surface area contributed by atoms with Crippen LogP contribution >= 0.6 is 31.9 Å². The van der Waals surface area contributed by atoms with E-state index in [2.05, 4.69) is 47.3 Å². The molecule has 0 radical (unpaired) electrons. The number of aryl methyl sites for hydroxylation is 1. The molecule has 10 heteroatoms. The van der Waals surface area contributed by atoms with Crippen LogP contribution in [-0.4, -0.2) is 48.2 Å². The Kier molecular flexibility index (Phi) is 7.07. The molecular weight excluding hydrogens is 591 g/mol. The number of halogens is 3. The lowest BCUT2D eigenvalue weighted by molar-refractivity contribution is 0.0611. The number of hydrogen-bond acceptors (Lipinski definition) is 4. The summed E-state index contributed by atoms with van der Waals surface area (Å²) in [6, 6.07) is 12.3. The van der Waals surface area contributed by atoms with Gasteiger partial charge in [-0.2, -0.15) is 5.10 Å². The molecule has 1 aliphatic rings. The van der Waals surface area contributed by atoms with Crippen LogP contribution in [0.15, 0.2) is 57.6 Å². The summed E-state index contributed by atoms with van der Waals surface area (Å²) in [5, 5.41) is 13.3. The number of nitrogens with zero attached hydrogens (tertiary/aromatic N) is 6.